The fourth-order valence-corrected chi connectivity index (χ4v) is 4.50. The maximum Gasteiger partial charge on any atom is 0.139 e. The number of aliphatic hydroxyl groups is 1. The largest absolute Gasteiger partial charge is 0.390 e. The van der Waals surface area contributed by atoms with Gasteiger partial charge in [0.15, 0.2) is 0 Å². The zero-order valence-corrected chi connectivity index (χ0v) is 9.62. The van der Waals surface area contributed by atoms with Gasteiger partial charge in [0.05, 0.1) is 5.60 Å². The third-order valence-electron chi connectivity index (χ3n) is 5.29. The summed E-state index contributed by atoms with van der Waals surface area (Å²) in [6, 6.07) is 0. The minimum absolute atomic E-state index is 0.0530. The van der Waals surface area contributed by atoms with E-state index in [1.165, 1.54) is 0 Å². The lowest BCUT2D eigenvalue weighted by atomic mass is 9.45. The molecule has 4 bridgehead atoms. The van der Waals surface area contributed by atoms with Crippen molar-refractivity contribution in [2.24, 2.45) is 23.2 Å². The topological polar surface area (TPSA) is 37.3 Å². The van der Waals surface area contributed by atoms with E-state index in [2.05, 4.69) is 0 Å². The summed E-state index contributed by atoms with van der Waals surface area (Å²) in [5.41, 5.74) is -0.555. The number of carbonyl (C=O) groups is 1. The van der Waals surface area contributed by atoms with Gasteiger partial charge in [0, 0.05) is 17.3 Å². The van der Waals surface area contributed by atoms with E-state index >= 15 is 0 Å². The summed E-state index contributed by atoms with van der Waals surface area (Å²) < 4.78 is 0. The molecule has 0 aromatic carbocycles. The molecule has 2 atom stereocenters. The summed E-state index contributed by atoms with van der Waals surface area (Å²) in [6.07, 6.45) is 5.25. The van der Waals surface area contributed by atoms with Gasteiger partial charge in [0.25, 0.3) is 0 Å². The summed E-state index contributed by atoms with van der Waals surface area (Å²) in [5.74, 6) is 1.78. The van der Waals surface area contributed by atoms with Crippen LogP contribution in [0.5, 0.6) is 0 Å². The number of carbonyl (C=O) groups excluding carboxylic acids is 1. The third-order valence-corrected chi connectivity index (χ3v) is 5.29. The second kappa shape index (κ2) is 2.65. The second-order valence-electron chi connectivity index (χ2n) is 6.59. The minimum atomic E-state index is -0.608. The maximum absolute atomic E-state index is 12.0. The highest BCUT2D eigenvalue weighted by Crippen LogP contribution is 2.62. The van der Waals surface area contributed by atoms with E-state index in [0.717, 1.165) is 32.1 Å². The Kier molecular flexibility index (Phi) is 1.74. The van der Waals surface area contributed by atoms with E-state index in [1.54, 1.807) is 0 Å². The lowest BCUT2D eigenvalue weighted by Crippen LogP contribution is -2.59. The predicted octanol–water partition coefficient (Wildman–Crippen LogP) is 2.15. The quantitative estimate of drug-likeness (QED) is 0.717. The van der Waals surface area contributed by atoms with Gasteiger partial charge in [0.1, 0.15) is 5.78 Å². The monoisotopic (exact) mass is 208 g/mol. The number of ketones is 1. The molecule has 0 radical (unpaired) electrons. The summed E-state index contributed by atoms with van der Waals surface area (Å²) in [5, 5.41) is 10.4. The van der Waals surface area contributed by atoms with E-state index in [9.17, 15) is 9.90 Å². The van der Waals surface area contributed by atoms with E-state index in [4.69, 9.17) is 0 Å². The van der Waals surface area contributed by atoms with Crippen molar-refractivity contribution in [1.82, 2.24) is 0 Å². The molecule has 4 rings (SSSR count). The lowest BCUT2D eigenvalue weighted by Gasteiger charge is -2.60. The van der Waals surface area contributed by atoms with E-state index in [1.807, 2.05) is 13.8 Å². The normalized spacial score (nSPS) is 48.7. The first-order chi connectivity index (χ1) is 6.91. The SMILES string of the molecule is CC(C)(O)C12CC3C[C@H](C1)C(=O)[C@H](C3)C2. The zero-order chi connectivity index (χ0) is 10.8. The molecule has 4 aliphatic rings. The van der Waals surface area contributed by atoms with Crippen LogP contribution in [-0.2, 0) is 4.79 Å². The Morgan fingerprint density at radius 1 is 1.20 bits per heavy atom. The van der Waals surface area contributed by atoms with Crippen molar-refractivity contribution in [3.63, 3.8) is 0 Å². The van der Waals surface area contributed by atoms with E-state index in [0.29, 0.717) is 11.7 Å². The average Bonchev–Trinajstić information content (AvgIpc) is 2.10. The molecular formula is C13H20O2. The number of hydrogen-bond donors (Lipinski definition) is 1. The molecule has 0 aliphatic heterocycles. The zero-order valence-electron chi connectivity index (χ0n) is 9.62. The Hall–Kier alpha value is -0.370. The molecule has 84 valence electrons. The van der Waals surface area contributed by atoms with Crippen LogP contribution in [0.3, 0.4) is 0 Å². The van der Waals surface area contributed by atoms with Crippen molar-refractivity contribution in [3.05, 3.63) is 0 Å². The fourth-order valence-electron chi connectivity index (χ4n) is 4.50. The van der Waals surface area contributed by atoms with Crippen LogP contribution in [0.15, 0.2) is 0 Å². The van der Waals surface area contributed by atoms with Crippen LogP contribution in [0.25, 0.3) is 0 Å². The molecule has 0 aromatic rings. The molecule has 0 aromatic heterocycles. The summed E-state index contributed by atoms with van der Waals surface area (Å²) in [4.78, 5) is 12.0. The molecule has 0 unspecified atom stereocenters. The first-order valence-corrected chi connectivity index (χ1v) is 6.17. The van der Waals surface area contributed by atoms with Gasteiger partial charge in [0.2, 0.25) is 0 Å². The van der Waals surface area contributed by atoms with Gasteiger partial charge < -0.3 is 5.11 Å². The summed E-state index contributed by atoms with van der Waals surface area (Å²) in [6.45, 7) is 3.87. The van der Waals surface area contributed by atoms with Gasteiger partial charge in [-0.15, -0.1) is 0 Å². The number of Topliss-reactive ketones (excluding diaryl/α,β-unsaturated/α-hetero) is 1. The van der Waals surface area contributed by atoms with Crippen LogP contribution in [0.2, 0.25) is 0 Å². The molecule has 15 heavy (non-hydrogen) atoms. The van der Waals surface area contributed by atoms with Gasteiger partial charge >= 0.3 is 0 Å². The number of hydrogen-bond acceptors (Lipinski definition) is 2. The standard InChI is InChI=1S/C13H20O2/c1-12(2,15)13-5-8-3-9(6-13)11(14)10(4-8)7-13/h8-10,15H,3-7H2,1-2H3/t8?,9-,10-,13?/m1/s1. The van der Waals surface area contributed by atoms with Crippen molar-refractivity contribution >= 4 is 5.78 Å². The van der Waals surface area contributed by atoms with Crippen LogP contribution in [-0.4, -0.2) is 16.5 Å². The predicted molar refractivity (Wildman–Crippen MR) is 57.3 cm³/mol. The van der Waals surface area contributed by atoms with Gasteiger partial charge in [-0.2, -0.15) is 0 Å². The molecule has 4 saturated carbocycles. The van der Waals surface area contributed by atoms with E-state index < -0.39 is 5.60 Å². The van der Waals surface area contributed by atoms with Crippen LogP contribution >= 0.6 is 0 Å². The summed E-state index contributed by atoms with van der Waals surface area (Å²) >= 11 is 0. The average molecular weight is 208 g/mol. The Morgan fingerprint density at radius 3 is 2.20 bits per heavy atom. The van der Waals surface area contributed by atoms with Gasteiger partial charge in [-0.05, 0) is 51.9 Å². The van der Waals surface area contributed by atoms with Crippen molar-refractivity contribution in [2.45, 2.75) is 51.6 Å². The van der Waals surface area contributed by atoms with Crippen molar-refractivity contribution < 1.29 is 9.90 Å². The molecule has 4 aliphatic carbocycles. The highest BCUT2D eigenvalue weighted by atomic mass is 16.3. The molecule has 0 heterocycles. The summed E-state index contributed by atoms with van der Waals surface area (Å²) in [7, 11) is 0. The van der Waals surface area contributed by atoms with Crippen LogP contribution in [0.1, 0.15) is 46.0 Å². The highest BCUT2D eigenvalue weighted by Gasteiger charge is 2.59. The molecule has 0 saturated heterocycles. The van der Waals surface area contributed by atoms with Crippen molar-refractivity contribution in [1.29, 1.82) is 0 Å². The van der Waals surface area contributed by atoms with Crippen molar-refractivity contribution in [3.8, 4) is 0 Å². The molecule has 1 N–H and O–H groups in total. The second-order valence-corrected chi connectivity index (χ2v) is 6.59. The molecule has 2 nitrogen and oxygen atoms in total. The fraction of sp³-hybridized carbons (Fsp3) is 0.923. The molecule has 4 fully saturated rings. The Labute approximate surface area is 91.1 Å². The highest BCUT2D eigenvalue weighted by molar-refractivity contribution is 5.85. The van der Waals surface area contributed by atoms with Crippen molar-refractivity contribution in [2.75, 3.05) is 0 Å². The Bertz CT molecular complexity index is 295. The first-order valence-electron chi connectivity index (χ1n) is 6.17. The molecule has 0 spiro atoms. The first kappa shape index (κ1) is 9.83. The Balaban J connectivity index is 1.99. The number of rotatable bonds is 1. The molecule has 2 heteroatoms. The lowest BCUT2D eigenvalue weighted by molar-refractivity contribution is -0.175. The maximum atomic E-state index is 12.0. The molecule has 0 amide bonds. The van der Waals surface area contributed by atoms with E-state index in [-0.39, 0.29) is 17.3 Å². The van der Waals surface area contributed by atoms with Crippen LogP contribution in [0, 0.1) is 23.2 Å². The minimum Gasteiger partial charge on any atom is -0.390 e. The van der Waals surface area contributed by atoms with Crippen LogP contribution in [0.4, 0.5) is 0 Å². The van der Waals surface area contributed by atoms with Gasteiger partial charge in [-0.25, -0.2) is 0 Å². The smallest absolute Gasteiger partial charge is 0.139 e. The third kappa shape index (κ3) is 1.17. The van der Waals surface area contributed by atoms with Crippen LogP contribution < -0.4 is 0 Å². The molecular weight excluding hydrogens is 188 g/mol. The van der Waals surface area contributed by atoms with Gasteiger partial charge in [-0.1, -0.05) is 0 Å². The van der Waals surface area contributed by atoms with Gasteiger partial charge in [-0.3, -0.25) is 4.79 Å². The Morgan fingerprint density at radius 2 is 1.73 bits per heavy atom.